The van der Waals surface area contributed by atoms with E-state index < -0.39 is 17.8 Å². The molecule has 0 atom stereocenters. The normalized spacial score (nSPS) is 10.6. The molecular weight excluding hydrogens is 430 g/mol. The monoisotopic (exact) mass is 448 g/mol. The van der Waals surface area contributed by atoms with Gasteiger partial charge >= 0.3 is 30.9 Å². The van der Waals surface area contributed by atoms with E-state index in [1.54, 1.807) is 31.3 Å². The van der Waals surface area contributed by atoms with E-state index in [2.05, 4.69) is 25.7 Å². The van der Waals surface area contributed by atoms with Crippen LogP contribution in [0.15, 0.2) is 42.9 Å². The number of nitrogens with zero attached hydrogens (tertiary/aromatic N) is 4. The van der Waals surface area contributed by atoms with E-state index in [0.717, 1.165) is 11.3 Å². The van der Waals surface area contributed by atoms with Crippen LogP contribution >= 0.6 is 11.3 Å². The third kappa shape index (κ3) is 4.80. The van der Waals surface area contributed by atoms with Crippen molar-refractivity contribution in [3.05, 3.63) is 48.7 Å². The zero-order chi connectivity index (χ0) is 22.0. The SMILES string of the molecule is CCNC(=O)Nc1nc2c(F)c(-c3cnn(CC(=O)O)c3)cc(-c3ccccn3)c2s1.[H-].[Li+]. The number of fused-ring (bicyclic) bond motifs is 1. The van der Waals surface area contributed by atoms with E-state index >= 15 is 4.39 Å². The summed E-state index contributed by atoms with van der Waals surface area (Å²) in [6.07, 6.45) is 4.49. The first kappa shape index (κ1) is 23.4. The van der Waals surface area contributed by atoms with Crippen molar-refractivity contribution in [1.29, 1.82) is 0 Å². The number of carbonyl (C=O) groups is 2. The van der Waals surface area contributed by atoms with Crippen molar-refractivity contribution in [2.24, 2.45) is 0 Å². The largest absolute Gasteiger partial charge is 1.00 e. The number of benzene rings is 1. The Morgan fingerprint density at radius 3 is 2.81 bits per heavy atom. The average Bonchev–Trinajstić information content (AvgIpc) is 3.36. The molecule has 0 aliphatic rings. The van der Waals surface area contributed by atoms with E-state index in [-0.39, 0.29) is 43.0 Å². The number of carboxylic acid groups (broad SMARTS) is 1. The van der Waals surface area contributed by atoms with Gasteiger partial charge in [0.1, 0.15) is 12.1 Å². The number of rotatable bonds is 6. The molecule has 4 aromatic rings. The zero-order valence-electron chi connectivity index (χ0n) is 18.3. The molecule has 9 nitrogen and oxygen atoms in total. The summed E-state index contributed by atoms with van der Waals surface area (Å²) in [7, 11) is 0. The summed E-state index contributed by atoms with van der Waals surface area (Å²) in [5, 5.41) is 18.4. The van der Waals surface area contributed by atoms with Crippen LogP contribution in [0, 0.1) is 5.82 Å². The predicted molar refractivity (Wildman–Crippen MR) is 115 cm³/mol. The van der Waals surface area contributed by atoms with Gasteiger partial charge in [-0.3, -0.25) is 19.8 Å². The average molecular weight is 448 g/mol. The minimum Gasteiger partial charge on any atom is -1.00 e. The molecule has 0 bridgehead atoms. The first-order valence-electron chi connectivity index (χ1n) is 9.30. The van der Waals surface area contributed by atoms with Gasteiger partial charge in [-0.05, 0) is 25.1 Å². The number of aliphatic carboxylic acids is 1. The fourth-order valence-electron chi connectivity index (χ4n) is 3.06. The Hall–Kier alpha value is -3.26. The van der Waals surface area contributed by atoms with Gasteiger partial charge in [0.05, 0.1) is 16.6 Å². The maximum Gasteiger partial charge on any atom is 1.00 e. The van der Waals surface area contributed by atoms with E-state index in [4.69, 9.17) is 5.11 Å². The first-order valence-corrected chi connectivity index (χ1v) is 10.1. The van der Waals surface area contributed by atoms with Crippen molar-refractivity contribution >= 4 is 38.7 Å². The second-order valence-corrected chi connectivity index (χ2v) is 7.50. The van der Waals surface area contributed by atoms with E-state index in [0.29, 0.717) is 28.1 Å². The number of aromatic nitrogens is 4. The summed E-state index contributed by atoms with van der Waals surface area (Å²) in [4.78, 5) is 31.5. The number of urea groups is 1. The molecule has 3 heterocycles. The van der Waals surface area contributed by atoms with Crippen molar-refractivity contribution in [3.8, 4) is 22.4 Å². The van der Waals surface area contributed by atoms with Gasteiger partial charge in [0.25, 0.3) is 0 Å². The Morgan fingerprint density at radius 1 is 1.31 bits per heavy atom. The Kier molecular flexibility index (Phi) is 7.25. The van der Waals surface area contributed by atoms with Gasteiger partial charge in [-0.2, -0.15) is 5.10 Å². The molecule has 0 aliphatic carbocycles. The summed E-state index contributed by atoms with van der Waals surface area (Å²) in [5.41, 5.74) is 1.95. The predicted octanol–water partition coefficient (Wildman–Crippen LogP) is 0.703. The maximum absolute atomic E-state index is 15.5. The molecule has 0 aliphatic heterocycles. The topological polar surface area (TPSA) is 122 Å². The Balaban J connectivity index is 0.00000193. The third-order valence-corrected chi connectivity index (χ3v) is 5.35. The van der Waals surface area contributed by atoms with Crippen molar-refractivity contribution < 1.29 is 39.4 Å². The summed E-state index contributed by atoms with van der Waals surface area (Å²) in [6.45, 7) is 1.89. The molecule has 3 aromatic heterocycles. The number of nitrogens with one attached hydrogen (secondary N) is 2. The number of halogens is 1. The van der Waals surface area contributed by atoms with Crippen LogP contribution in [-0.2, 0) is 11.3 Å². The van der Waals surface area contributed by atoms with Crippen molar-refractivity contribution in [2.75, 3.05) is 11.9 Å². The van der Waals surface area contributed by atoms with Crippen molar-refractivity contribution in [3.63, 3.8) is 0 Å². The second-order valence-electron chi connectivity index (χ2n) is 6.50. The molecule has 0 unspecified atom stereocenters. The van der Waals surface area contributed by atoms with Crippen LogP contribution in [0.4, 0.5) is 14.3 Å². The maximum atomic E-state index is 15.5. The number of carbonyl (C=O) groups excluding carboxylic acids is 1. The van der Waals surface area contributed by atoms with Gasteiger partial charge in [0.2, 0.25) is 0 Å². The van der Waals surface area contributed by atoms with Gasteiger partial charge < -0.3 is 11.8 Å². The van der Waals surface area contributed by atoms with E-state index in [1.165, 1.54) is 17.1 Å². The number of pyridine rings is 1. The molecule has 160 valence electrons. The van der Waals surface area contributed by atoms with Crippen LogP contribution in [0.25, 0.3) is 32.6 Å². The smallest absolute Gasteiger partial charge is 1.00 e. The molecular formula is C20H18FLiN6O3S. The van der Waals surface area contributed by atoms with Crippen molar-refractivity contribution in [2.45, 2.75) is 13.5 Å². The Labute approximate surface area is 199 Å². The number of thiazole rings is 1. The minimum atomic E-state index is -1.06. The summed E-state index contributed by atoms with van der Waals surface area (Å²) in [6, 6.07) is 6.58. The molecule has 0 spiro atoms. The molecule has 2 amide bonds. The van der Waals surface area contributed by atoms with Crippen LogP contribution in [0.2, 0.25) is 0 Å². The van der Waals surface area contributed by atoms with Crippen LogP contribution < -0.4 is 29.5 Å². The molecule has 0 radical (unpaired) electrons. The van der Waals surface area contributed by atoms with Gasteiger partial charge in [-0.25, -0.2) is 14.2 Å². The second kappa shape index (κ2) is 9.91. The Morgan fingerprint density at radius 2 is 2.12 bits per heavy atom. The number of anilines is 1. The standard InChI is InChI=1S/C20H17FN6O3S.Li.H/c1-2-22-19(30)26-20-25-17-16(21)12(11-8-24-27(9-11)10-15(28)29)7-13(18(17)31-20)14-5-3-4-6-23-14;;/h3-9H,2,10H2,1H3,(H,28,29)(H2,22,25,26,30);;/q;+1;-1. The number of amides is 2. The fourth-order valence-corrected chi connectivity index (χ4v) is 4.04. The number of hydrogen-bond acceptors (Lipinski definition) is 6. The molecule has 3 N–H and O–H groups in total. The molecule has 0 saturated carbocycles. The molecule has 0 saturated heterocycles. The van der Waals surface area contributed by atoms with Gasteiger partial charge in [0, 0.05) is 35.6 Å². The summed E-state index contributed by atoms with van der Waals surface area (Å²) < 4.78 is 17.2. The van der Waals surface area contributed by atoms with Crippen LogP contribution in [0.1, 0.15) is 8.35 Å². The fraction of sp³-hybridized carbons (Fsp3) is 0.150. The zero-order valence-corrected chi connectivity index (χ0v) is 18.1. The Bertz CT molecular complexity index is 1280. The number of hydrogen-bond donors (Lipinski definition) is 3. The van der Waals surface area contributed by atoms with Crippen LogP contribution in [0.3, 0.4) is 0 Å². The van der Waals surface area contributed by atoms with Gasteiger partial charge in [0.15, 0.2) is 10.9 Å². The molecule has 1 aromatic carbocycles. The molecule has 0 fully saturated rings. The van der Waals surface area contributed by atoms with Gasteiger partial charge in [-0.1, -0.05) is 17.4 Å². The third-order valence-electron chi connectivity index (χ3n) is 4.34. The molecule has 12 heteroatoms. The molecule has 4 rings (SSSR count). The van der Waals surface area contributed by atoms with E-state index in [1.807, 2.05) is 6.07 Å². The first-order chi connectivity index (χ1) is 15.0. The number of carboxylic acids is 1. The van der Waals surface area contributed by atoms with Crippen molar-refractivity contribution in [1.82, 2.24) is 25.1 Å². The summed E-state index contributed by atoms with van der Waals surface area (Å²) >= 11 is 1.14. The van der Waals surface area contributed by atoms with Crippen LogP contribution in [-0.4, -0.2) is 43.4 Å². The quantitative estimate of drug-likeness (QED) is 0.374. The van der Waals surface area contributed by atoms with E-state index in [9.17, 15) is 9.59 Å². The summed E-state index contributed by atoms with van der Waals surface area (Å²) in [5.74, 6) is -1.65. The molecule has 32 heavy (non-hydrogen) atoms. The van der Waals surface area contributed by atoms with Gasteiger partial charge in [-0.15, -0.1) is 0 Å². The van der Waals surface area contributed by atoms with Crippen LogP contribution in [0.5, 0.6) is 0 Å². The minimum absolute atomic E-state index is 0.